The van der Waals surface area contributed by atoms with Gasteiger partial charge in [-0.1, -0.05) is 34.1 Å². The van der Waals surface area contributed by atoms with Crippen molar-refractivity contribution in [3.05, 3.63) is 64.1 Å². The summed E-state index contributed by atoms with van der Waals surface area (Å²) in [5.41, 5.74) is 2.10. The molecule has 1 aliphatic heterocycles. The van der Waals surface area contributed by atoms with E-state index in [1.165, 1.54) is 4.31 Å². The van der Waals surface area contributed by atoms with E-state index in [9.17, 15) is 13.2 Å². The number of anilines is 1. The van der Waals surface area contributed by atoms with E-state index in [0.29, 0.717) is 24.2 Å². The number of halogens is 1. The Balaban J connectivity index is 1.72. The number of hydrogen-bond donors (Lipinski definition) is 1. The van der Waals surface area contributed by atoms with Crippen LogP contribution in [-0.2, 0) is 10.0 Å². The first kappa shape index (κ1) is 17.9. The Morgan fingerprint density at radius 1 is 1.16 bits per heavy atom. The highest BCUT2D eigenvalue weighted by molar-refractivity contribution is 9.10. The number of rotatable bonds is 4. The molecule has 25 heavy (non-hydrogen) atoms. The maximum Gasteiger partial charge on any atom is 0.251 e. The van der Waals surface area contributed by atoms with Gasteiger partial charge in [-0.25, -0.2) is 8.42 Å². The van der Waals surface area contributed by atoms with Crippen molar-refractivity contribution in [2.75, 3.05) is 16.6 Å². The number of amides is 1. The molecule has 2 aromatic carbocycles. The van der Waals surface area contributed by atoms with Gasteiger partial charge >= 0.3 is 0 Å². The summed E-state index contributed by atoms with van der Waals surface area (Å²) < 4.78 is 26.3. The highest BCUT2D eigenvalue weighted by Gasteiger charge is 2.28. The number of carbonyl (C=O) groups is 1. The largest absolute Gasteiger partial charge is 0.345 e. The van der Waals surface area contributed by atoms with Gasteiger partial charge in [0.1, 0.15) is 0 Å². The summed E-state index contributed by atoms with van der Waals surface area (Å²) in [6, 6.07) is 14.3. The third-order valence-corrected chi connectivity index (χ3v) is 6.83. The molecule has 132 valence electrons. The van der Waals surface area contributed by atoms with E-state index in [0.717, 1.165) is 10.0 Å². The van der Waals surface area contributed by atoms with Gasteiger partial charge in [0, 0.05) is 16.6 Å². The quantitative estimate of drug-likeness (QED) is 0.819. The molecule has 1 atom stereocenters. The maximum absolute atomic E-state index is 12.4. The molecule has 0 spiro atoms. The molecule has 5 nitrogen and oxygen atoms in total. The molecular weight excluding hydrogens is 404 g/mol. The van der Waals surface area contributed by atoms with Crippen LogP contribution in [0.15, 0.2) is 53.0 Å². The topological polar surface area (TPSA) is 66.5 Å². The molecule has 0 bridgehead atoms. The predicted octanol–water partition coefficient (Wildman–Crippen LogP) is 3.48. The van der Waals surface area contributed by atoms with Crippen molar-refractivity contribution in [1.82, 2.24) is 5.32 Å². The molecule has 1 heterocycles. The first-order chi connectivity index (χ1) is 11.9. The molecule has 0 radical (unpaired) electrons. The Hall–Kier alpha value is -1.86. The molecule has 3 rings (SSSR count). The van der Waals surface area contributed by atoms with Crippen molar-refractivity contribution in [2.24, 2.45) is 0 Å². The van der Waals surface area contributed by atoms with E-state index in [1.807, 2.05) is 31.2 Å². The number of benzene rings is 2. The van der Waals surface area contributed by atoms with Crippen LogP contribution in [0.4, 0.5) is 5.69 Å². The Morgan fingerprint density at radius 2 is 1.84 bits per heavy atom. The van der Waals surface area contributed by atoms with Gasteiger partial charge in [-0.3, -0.25) is 9.10 Å². The molecule has 0 aromatic heterocycles. The molecule has 1 aliphatic rings. The number of hydrogen-bond acceptors (Lipinski definition) is 3. The minimum atomic E-state index is -3.21. The summed E-state index contributed by atoms with van der Waals surface area (Å²) in [6.45, 7) is 2.41. The summed E-state index contributed by atoms with van der Waals surface area (Å²) in [5, 5.41) is 2.96. The second-order valence-electron chi connectivity index (χ2n) is 6.01. The van der Waals surface area contributed by atoms with Gasteiger partial charge in [-0.05, 0) is 49.2 Å². The van der Waals surface area contributed by atoms with E-state index in [4.69, 9.17) is 0 Å². The van der Waals surface area contributed by atoms with Crippen molar-refractivity contribution in [3.8, 4) is 0 Å². The van der Waals surface area contributed by atoms with Gasteiger partial charge < -0.3 is 5.32 Å². The number of nitrogens with zero attached hydrogens (tertiary/aromatic N) is 1. The molecule has 1 fully saturated rings. The van der Waals surface area contributed by atoms with Crippen molar-refractivity contribution >= 4 is 37.5 Å². The molecule has 7 heteroatoms. The fourth-order valence-corrected chi connectivity index (χ4v) is 5.09. The number of sulfonamides is 1. The number of carbonyl (C=O) groups excluding carboxylic acids is 1. The van der Waals surface area contributed by atoms with Crippen molar-refractivity contribution < 1.29 is 13.2 Å². The van der Waals surface area contributed by atoms with Crippen LogP contribution in [0.25, 0.3) is 0 Å². The highest BCUT2D eigenvalue weighted by Crippen LogP contribution is 2.25. The summed E-state index contributed by atoms with van der Waals surface area (Å²) in [6.07, 6.45) is 0.633. The molecular formula is C18H19BrN2O3S. The van der Waals surface area contributed by atoms with Crippen molar-refractivity contribution in [2.45, 2.75) is 19.4 Å². The molecule has 0 saturated carbocycles. The lowest BCUT2D eigenvalue weighted by molar-refractivity contribution is 0.0940. The lowest BCUT2D eigenvalue weighted by atomic mass is 10.1. The van der Waals surface area contributed by atoms with Crippen molar-refractivity contribution in [1.29, 1.82) is 0 Å². The second-order valence-corrected chi connectivity index (χ2v) is 8.87. The lowest BCUT2D eigenvalue weighted by Gasteiger charge is -2.18. The molecule has 1 amide bonds. The van der Waals surface area contributed by atoms with Crippen LogP contribution < -0.4 is 9.62 Å². The van der Waals surface area contributed by atoms with Crippen LogP contribution in [0, 0.1) is 0 Å². The molecule has 1 N–H and O–H groups in total. The van der Waals surface area contributed by atoms with Crippen LogP contribution in [0.1, 0.15) is 35.3 Å². The zero-order valence-electron chi connectivity index (χ0n) is 13.8. The van der Waals surface area contributed by atoms with E-state index in [-0.39, 0.29) is 17.7 Å². The Labute approximate surface area is 156 Å². The Bertz CT molecular complexity index is 881. The summed E-state index contributed by atoms with van der Waals surface area (Å²) in [5.74, 6) is -0.0160. The number of nitrogens with one attached hydrogen (secondary N) is 1. The fraction of sp³-hybridized carbons (Fsp3) is 0.278. The maximum atomic E-state index is 12.4. The first-order valence-corrected chi connectivity index (χ1v) is 10.4. The zero-order chi connectivity index (χ0) is 18.0. The van der Waals surface area contributed by atoms with Gasteiger partial charge in [0.25, 0.3) is 5.91 Å². The van der Waals surface area contributed by atoms with Gasteiger partial charge in [0.2, 0.25) is 10.0 Å². The smallest absolute Gasteiger partial charge is 0.251 e. The van der Waals surface area contributed by atoms with E-state index in [1.54, 1.807) is 24.3 Å². The SMILES string of the molecule is CC(NC(=O)c1ccc(N2CCCS2(=O)=O)cc1)c1ccccc1Br. The predicted molar refractivity (Wildman–Crippen MR) is 102 cm³/mol. The molecule has 2 aromatic rings. The summed E-state index contributed by atoms with van der Waals surface area (Å²) in [7, 11) is -3.21. The molecule has 1 saturated heterocycles. The monoisotopic (exact) mass is 422 g/mol. The second kappa shape index (κ2) is 7.17. The van der Waals surface area contributed by atoms with Crippen LogP contribution in [0.3, 0.4) is 0 Å². The van der Waals surface area contributed by atoms with Gasteiger partial charge in [0.15, 0.2) is 0 Å². The van der Waals surface area contributed by atoms with Gasteiger partial charge in [-0.15, -0.1) is 0 Å². The van der Waals surface area contributed by atoms with Crippen LogP contribution in [0.2, 0.25) is 0 Å². The van der Waals surface area contributed by atoms with E-state index < -0.39 is 10.0 Å². The molecule has 0 aliphatic carbocycles. The standard InChI is InChI=1S/C18H19BrN2O3S/c1-13(16-5-2-3-6-17(16)19)20-18(22)14-7-9-15(10-8-14)21-11-4-12-25(21,23)24/h2-3,5-10,13H,4,11-12H2,1H3,(H,20,22). The summed E-state index contributed by atoms with van der Waals surface area (Å²) in [4.78, 5) is 12.4. The zero-order valence-corrected chi connectivity index (χ0v) is 16.2. The van der Waals surface area contributed by atoms with Crippen LogP contribution in [-0.4, -0.2) is 26.6 Å². The first-order valence-electron chi connectivity index (χ1n) is 8.04. The average Bonchev–Trinajstić information content (AvgIpc) is 2.94. The van der Waals surface area contributed by atoms with Gasteiger partial charge in [-0.2, -0.15) is 0 Å². The minimum Gasteiger partial charge on any atom is -0.345 e. The minimum absolute atomic E-state index is 0.151. The third kappa shape index (κ3) is 3.88. The van der Waals surface area contributed by atoms with Crippen LogP contribution >= 0.6 is 15.9 Å². The molecule has 1 unspecified atom stereocenters. The Kier molecular flexibility index (Phi) is 5.15. The van der Waals surface area contributed by atoms with Gasteiger partial charge in [0.05, 0.1) is 17.5 Å². The highest BCUT2D eigenvalue weighted by atomic mass is 79.9. The normalized spacial score (nSPS) is 17.3. The fourth-order valence-electron chi connectivity index (χ4n) is 2.89. The van der Waals surface area contributed by atoms with E-state index in [2.05, 4.69) is 21.2 Å². The third-order valence-electron chi connectivity index (χ3n) is 4.24. The lowest BCUT2D eigenvalue weighted by Crippen LogP contribution is -2.27. The van der Waals surface area contributed by atoms with Crippen molar-refractivity contribution in [3.63, 3.8) is 0 Å². The van der Waals surface area contributed by atoms with Crippen LogP contribution in [0.5, 0.6) is 0 Å². The average molecular weight is 423 g/mol. The van der Waals surface area contributed by atoms with E-state index >= 15 is 0 Å². The summed E-state index contributed by atoms with van der Waals surface area (Å²) >= 11 is 3.49. The Morgan fingerprint density at radius 3 is 2.44 bits per heavy atom.